The first kappa shape index (κ1) is 13.9. The fourth-order valence-electron chi connectivity index (χ4n) is 3.95. The van der Waals surface area contributed by atoms with Crippen molar-refractivity contribution in [1.29, 1.82) is 0 Å². The molecule has 3 rings (SSSR count). The second-order valence-electron chi connectivity index (χ2n) is 6.76. The van der Waals surface area contributed by atoms with Crippen LogP contribution in [-0.4, -0.2) is 24.3 Å². The molecule has 0 aromatic carbocycles. The van der Waals surface area contributed by atoms with Gasteiger partial charge in [-0.05, 0) is 68.3 Å². The van der Waals surface area contributed by atoms with Crippen LogP contribution in [0.15, 0.2) is 23.3 Å². The average Bonchev–Trinajstić information content (AvgIpc) is 2.88. The van der Waals surface area contributed by atoms with Crippen LogP contribution in [0.5, 0.6) is 0 Å². The number of aliphatic hydroxyl groups is 1. The van der Waals surface area contributed by atoms with E-state index in [1.807, 2.05) is 0 Å². The van der Waals surface area contributed by atoms with E-state index >= 15 is 0 Å². The summed E-state index contributed by atoms with van der Waals surface area (Å²) in [5.74, 6) is 0.343. The van der Waals surface area contributed by atoms with Crippen LogP contribution in [0.4, 0.5) is 0 Å². The smallest absolute Gasteiger partial charge is 0.331 e. The Kier molecular flexibility index (Phi) is 3.97. The van der Waals surface area contributed by atoms with Crippen molar-refractivity contribution in [2.75, 3.05) is 13.2 Å². The molecule has 0 atom stereocenters. The van der Waals surface area contributed by atoms with E-state index in [-0.39, 0.29) is 5.97 Å². The number of carbonyl (C=O) groups is 1. The number of allylic oxidation sites excluding steroid dienone is 1. The number of cyclic esters (lactones) is 1. The Bertz CT molecular complexity index is 427. The zero-order chi connectivity index (χ0) is 14.0. The van der Waals surface area contributed by atoms with Crippen molar-refractivity contribution in [3.63, 3.8) is 0 Å². The van der Waals surface area contributed by atoms with Crippen molar-refractivity contribution in [3.05, 3.63) is 23.3 Å². The molecule has 3 nitrogen and oxygen atoms in total. The summed E-state index contributed by atoms with van der Waals surface area (Å²) in [5.41, 5.74) is 3.05. The molecule has 3 aliphatic rings. The molecule has 0 unspecified atom stereocenters. The first-order valence-electron chi connectivity index (χ1n) is 7.87. The summed E-state index contributed by atoms with van der Waals surface area (Å²) in [5, 5.41) is 9.25. The van der Waals surface area contributed by atoms with Crippen molar-refractivity contribution < 1.29 is 14.6 Å². The molecule has 0 bridgehead atoms. The molecule has 20 heavy (non-hydrogen) atoms. The van der Waals surface area contributed by atoms with E-state index < -0.39 is 0 Å². The molecular weight excluding hydrogens is 252 g/mol. The zero-order valence-electron chi connectivity index (χ0n) is 12.1. The highest BCUT2D eigenvalue weighted by atomic mass is 16.5. The number of rotatable bonds is 2. The Labute approximate surface area is 120 Å². The molecule has 0 amide bonds. The van der Waals surface area contributed by atoms with Gasteiger partial charge in [-0.2, -0.15) is 0 Å². The summed E-state index contributed by atoms with van der Waals surface area (Å²) in [6.45, 7) is 0.815. The molecule has 1 heterocycles. The second kappa shape index (κ2) is 5.72. The Morgan fingerprint density at radius 2 is 1.95 bits per heavy atom. The molecule has 0 saturated heterocycles. The van der Waals surface area contributed by atoms with E-state index in [2.05, 4.69) is 6.08 Å². The van der Waals surface area contributed by atoms with Gasteiger partial charge in [-0.1, -0.05) is 11.6 Å². The number of aliphatic hydroxyl groups excluding tert-OH is 1. The highest BCUT2D eigenvalue weighted by molar-refractivity contribution is 5.86. The molecule has 0 aromatic rings. The molecule has 2 aliphatic carbocycles. The Morgan fingerprint density at radius 3 is 2.50 bits per heavy atom. The minimum absolute atomic E-state index is 0.202. The fraction of sp³-hybridized carbons (Fsp3) is 0.706. The molecule has 1 N–H and O–H groups in total. The minimum atomic E-state index is -0.202. The number of ether oxygens (including phenoxy) is 1. The Morgan fingerprint density at radius 1 is 1.25 bits per heavy atom. The summed E-state index contributed by atoms with van der Waals surface area (Å²) < 4.78 is 4.94. The monoisotopic (exact) mass is 276 g/mol. The van der Waals surface area contributed by atoms with E-state index in [9.17, 15) is 9.90 Å². The first-order chi connectivity index (χ1) is 9.69. The maximum Gasteiger partial charge on any atom is 0.331 e. The van der Waals surface area contributed by atoms with E-state index in [1.54, 1.807) is 6.08 Å². The average molecular weight is 276 g/mol. The van der Waals surface area contributed by atoms with E-state index in [0.29, 0.717) is 24.5 Å². The van der Waals surface area contributed by atoms with Crippen molar-refractivity contribution in [1.82, 2.24) is 0 Å². The lowest BCUT2D eigenvalue weighted by molar-refractivity contribution is -0.134. The number of carbonyl (C=O) groups excluding carboxylic acids is 1. The van der Waals surface area contributed by atoms with Crippen LogP contribution in [0.25, 0.3) is 0 Å². The lowest BCUT2D eigenvalue weighted by Crippen LogP contribution is -2.31. The van der Waals surface area contributed by atoms with Gasteiger partial charge in [0.1, 0.15) is 6.61 Å². The van der Waals surface area contributed by atoms with Gasteiger partial charge in [-0.15, -0.1) is 0 Å². The second-order valence-corrected chi connectivity index (χ2v) is 6.76. The number of hydrogen-bond acceptors (Lipinski definition) is 3. The Balaban J connectivity index is 1.56. The molecular formula is C17H24O3. The topological polar surface area (TPSA) is 46.5 Å². The van der Waals surface area contributed by atoms with Crippen LogP contribution in [0.2, 0.25) is 0 Å². The standard InChI is InChI=1S/C17H24O3/c18-11-14-3-7-17(8-4-14)5-1-13(2-6-17)9-15-10-16(19)20-12-15/h9-10,14,18H,1-8,11-12H2. The van der Waals surface area contributed by atoms with Crippen LogP contribution >= 0.6 is 0 Å². The summed E-state index contributed by atoms with van der Waals surface area (Å²) in [6, 6.07) is 0. The highest BCUT2D eigenvalue weighted by Crippen LogP contribution is 2.50. The summed E-state index contributed by atoms with van der Waals surface area (Å²) in [7, 11) is 0. The molecule has 1 spiro atoms. The fourth-order valence-corrected chi connectivity index (χ4v) is 3.95. The number of esters is 1. The third kappa shape index (κ3) is 2.98. The summed E-state index contributed by atoms with van der Waals surface area (Å²) >= 11 is 0. The molecule has 1 aliphatic heterocycles. The van der Waals surface area contributed by atoms with Gasteiger partial charge in [0.05, 0.1) is 0 Å². The van der Waals surface area contributed by atoms with Gasteiger partial charge in [0.15, 0.2) is 0 Å². The van der Waals surface area contributed by atoms with Crippen LogP contribution in [0.3, 0.4) is 0 Å². The zero-order valence-corrected chi connectivity index (χ0v) is 12.1. The predicted octanol–water partition coefficient (Wildman–Crippen LogP) is 3.14. The lowest BCUT2D eigenvalue weighted by atomic mass is 9.62. The highest BCUT2D eigenvalue weighted by Gasteiger charge is 2.36. The molecule has 0 aromatic heterocycles. The third-order valence-electron chi connectivity index (χ3n) is 5.45. The van der Waals surface area contributed by atoms with E-state index in [0.717, 1.165) is 18.4 Å². The van der Waals surface area contributed by atoms with Gasteiger partial charge in [0.25, 0.3) is 0 Å². The quantitative estimate of drug-likeness (QED) is 0.788. The maximum atomic E-state index is 11.0. The SMILES string of the molecule is O=C1C=C(C=C2CCC3(CC2)CCC(CO)CC3)CO1. The molecule has 110 valence electrons. The van der Waals surface area contributed by atoms with Crippen LogP contribution in [-0.2, 0) is 9.53 Å². The molecule has 2 saturated carbocycles. The number of hydrogen-bond donors (Lipinski definition) is 1. The van der Waals surface area contributed by atoms with Gasteiger partial charge < -0.3 is 9.84 Å². The normalized spacial score (nSPS) is 34.0. The van der Waals surface area contributed by atoms with Crippen LogP contribution < -0.4 is 0 Å². The van der Waals surface area contributed by atoms with Gasteiger partial charge in [-0.25, -0.2) is 4.79 Å². The predicted molar refractivity (Wildman–Crippen MR) is 77.1 cm³/mol. The minimum Gasteiger partial charge on any atom is -0.458 e. The maximum absolute atomic E-state index is 11.0. The first-order valence-corrected chi connectivity index (χ1v) is 7.87. The van der Waals surface area contributed by atoms with Crippen molar-refractivity contribution in [3.8, 4) is 0 Å². The van der Waals surface area contributed by atoms with Crippen LogP contribution in [0.1, 0.15) is 51.4 Å². The summed E-state index contributed by atoms with van der Waals surface area (Å²) in [6.07, 6.45) is 13.6. The molecule has 3 heteroatoms. The van der Waals surface area contributed by atoms with Gasteiger partial charge in [-0.3, -0.25) is 0 Å². The van der Waals surface area contributed by atoms with Crippen molar-refractivity contribution in [2.24, 2.45) is 11.3 Å². The van der Waals surface area contributed by atoms with Gasteiger partial charge in [0, 0.05) is 12.7 Å². The lowest BCUT2D eigenvalue weighted by Gasteiger charge is -2.43. The van der Waals surface area contributed by atoms with Crippen LogP contribution in [0, 0.1) is 11.3 Å². The van der Waals surface area contributed by atoms with E-state index in [1.165, 1.54) is 44.1 Å². The third-order valence-corrected chi connectivity index (χ3v) is 5.45. The van der Waals surface area contributed by atoms with Gasteiger partial charge in [0.2, 0.25) is 0 Å². The van der Waals surface area contributed by atoms with Crippen molar-refractivity contribution in [2.45, 2.75) is 51.4 Å². The largest absolute Gasteiger partial charge is 0.458 e. The Hall–Kier alpha value is -1.09. The molecule has 2 fully saturated rings. The molecule has 0 radical (unpaired) electrons. The van der Waals surface area contributed by atoms with E-state index in [4.69, 9.17) is 4.74 Å². The van der Waals surface area contributed by atoms with Gasteiger partial charge >= 0.3 is 5.97 Å². The summed E-state index contributed by atoms with van der Waals surface area (Å²) in [4.78, 5) is 11.0. The van der Waals surface area contributed by atoms with Crippen molar-refractivity contribution >= 4 is 5.97 Å².